The van der Waals surface area contributed by atoms with Crippen LogP contribution in [0, 0.1) is 0 Å². The first kappa shape index (κ1) is 18.6. The number of rotatable bonds is 6. The van der Waals surface area contributed by atoms with Gasteiger partial charge in [0.2, 0.25) is 0 Å². The lowest BCUT2D eigenvalue weighted by molar-refractivity contribution is -0.140. The van der Waals surface area contributed by atoms with Crippen LogP contribution in [0.1, 0.15) is 32.3 Å². The van der Waals surface area contributed by atoms with E-state index in [9.17, 15) is 14.7 Å². The van der Waals surface area contributed by atoms with Crippen LogP contribution in [0.4, 0.5) is 0 Å². The Balaban J connectivity index is 2.42. The molecular formula is C19H19ClO3S. The van der Waals surface area contributed by atoms with Gasteiger partial charge < -0.3 is 5.11 Å². The molecule has 0 saturated heterocycles. The van der Waals surface area contributed by atoms with Gasteiger partial charge in [0.25, 0.3) is 0 Å². The van der Waals surface area contributed by atoms with Crippen LogP contribution < -0.4 is 0 Å². The molecular weight excluding hydrogens is 344 g/mol. The van der Waals surface area contributed by atoms with Crippen molar-refractivity contribution in [1.29, 1.82) is 0 Å². The molecule has 0 spiro atoms. The van der Waals surface area contributed by atoms with Crippen molar-refractivity contribution < 1.29 is 14.7 Å². The van der Waals surface area contributed by atoms with Crippen LogP contribution in [-0.2, 0) is 14.3 Å². The third-order valence-corrected chi connectivity index (χ3v) is 5.30. The fraction of sp³-hybridized carbons (Fsp3) is 0.263. The smallest absolute Gasteiger partial charge is 0.324 e. The largest absolute Gasteiger partial charge is 0.480 e. The molecule has 0 fully saturated rings. The Morgan fingerprint density at radius 3 is 1.96 bits per heavy atom. The quantitative estimate of drug-likeness (QED) is 0.750. The fourth-order valence-electron chi connectivity index (χ4n) is 2.70. The van der Waals surface area contributed by atoms with Gasteiger partial charge in [-0.3, -0.25) is 9.59 Å². The molecule has 2 aromatic carbocycles. The second-order valence-corrected chi connectivity index (χ2v) is 7.47. The van der Waals surface area contributed by atoms with Gasteiger partial charge in [-0.2, -0.15) is 0 Å². The van der Waals surface area contributed by atoms with Gasteiger partial charge in [0.05, 0.1) is 0 Å². The standard InChI is InChI=1S/C19H19ClO3S/c1-3-12-19(18(22)23,24-13(2)21)16-8-4-14(5-9-16)15-6-10-17(20)11-7-15/h4-11H,3,12H2,1-2H3,(H,22,23). The zero-order valence-corrected chi connectivity index (χ0v) is 15.2. The molecule has 2 rings (SSSR count). The van der Waals surface area contributed by atoms with Crippen molar-refractivity contribution in [3.05, 3.63) is 59.1 Å². The van der Waals surface area contributed by atoms with Crippen molar-refractivity contribution in [2.45, 2.75) is 31.4 Å². The van der Waals surface area contributed by atoms with Gasteiger partial charge in [-0.15, -0.1) is 0 Å². The number of thioether (sulfide) groups is 1. The van der Waals surface area contributed by atoms with E-state index in [-0.39, 0.29) is 5.12 Å². The number of aliphatic carboxylic acids is 1. The second-order valence-electron chi connectivity index (χ2n) is 5.56. The van der Waals surface area contributed by atoms with Crippen molar-refractivity contribution in [3.8, 4) is 11.1 Å². The van der Waals surface area contributed by atoms with Gasteiger partial charge in [0.15, 0.2) is 5.12 Å². The molecule has 126 valence electrons. The first-order valence-corrected chi connectivity index (χ1v) is 8.88. The Morgan fingerprint density at radius 2 is 1.54 bits per heavy atom. The van der Waals surface area contributed by atoms with E-state index >= 15 is 0 Å². The summed E-state index contributed by atoms with van der Waals surface area (Å²) in [7, 11) is 0. The molecule has 0 aliphatic rings. The maximum Gasteiger partial charge on any atom is 0.324 e. The fourth-order valence-corrected chi connectivity index (χ4v) is 3.96. The predicted molar refractivity (Wildman–Crippen MR) is 99.4 cm³/mol. The monoisotopic (exact) mass is 362 g/mol. The number of carboxylic acids is 1. The van der Waals surface area contributed by atoms with E-state index in [1.54, 1.807) is 12.1 Å². The lowest BCUT2D eigenvalue weighted by Gasteiger charge is -2.28. The second kappa shape index (κ2) is 7.86. The molecule has 1 N–H and O–H groups in total. The molecule has 3 nitrogen and oxygen atoms in total. The SMILES string of the molecule is CCCC(SC(C)=O)(C(=O)O)c1ccc(-c2ccc(Cl)cc2)cc1. The summed E-state index contributed by atoms with van der Waals surface area (Å²) in [6, 6.07) is 14.8. The summed E-state index contributed by atoms with van der Waals surface area (Å²) in [6.45, 7) is 3.32. The maximum atomic E-state index is 12.0. The number of carbonyl (C=O) groups excluding carboxylic acids is 1. The first-order valence-electron chi connectivity index (χ1n) is 7.68. The van der Waals surface area contributed by atoms with Crippen molar-refractivity contribution in [2.24, 2.45) is 0 Å². The van der Waals surface area contributed by atoms with Crippen molar-refractivity contribution >= 4 is 34.4 Å². The van der Waals surface area contributed by atoms with Crippen LogP contribution in [-0.4, -0.2) is 16.2 Å². The Kier molecular flexibility index (Phi) is 6.08. The minimum Gasteiger partial charge on any atom is -0.480 e. The van der Waals surface area contributed by atoms with Crippen LogP contribution in [0.15, 0.2) is 48.5 Å². The normalized spacial score (nSPS) is 13.3. The highest BCUT2D eigenvalue weighted by Gasteiger charge is 2.41. The zero-order valence-electron chi connectivity index (χ0n) is 13.6. The topological polar surface area (TPSA) is 54.4 Å². The molecule has 24 heavy (non-hydrogen) atoms. The molecule has 0 aromatic heterocycles. The van der Waals surface area contributed by atoms with E-state index < -0.39 is 10.7 Å². The summed E-state index contributed by atoms with van der Waals surface area (Å²) >= 11 is 6.78. The van der Waals surface area contributed by atoms with Crippen molar-refractivity contribution in [1.82, 2.24) is 0 Å². The summed E-state index contributed by atoms with van der Waals surface area (Å²) in [6.07, 6.45) is 1.07. The highest BCUT2D eigenvalue weighted by molar-refractivity contribution is 8.14. The number of carboxylic acid groups (broad SMARTS) is 1. The van der Waals surface area contributed by atoms with Gasteiger partial charge >= 0.3 is 5.97 Å². The summed E-state index contributed by atoms with van der Waals surface area (Å²) in [5, 5.41) is 10.3. The van der Waals surface area contributed by atoms with E-state index in [1.807, 2.05) is 43.3 Å². The molecule has 0 saturated carbocycles. The van der Waals surface area contributed by atoms with Gasteiger partial charge in [-0.25, -0.2) is 0 Å². The van der Waals surface area contributed by atoms with E-state index in [2.05, 4.69) is 0 Å². The Bertz CT molecular complexity index is 725. The number of hydrogen-bond donors (Lipinski definition) is 1. The molecule has 2 aromatic rings. The molecule has 5 heteroatoms. The van der Waals surface area contributed by atoms with Gasteiger partial charge in [0.1, 0.15) is 4.75 Å². The Labute approximate surface area is 151 Å². The van der Waals surface area contributed by atoms with Crippen LogP contribution in [0.2, 0.25) is 5.02 Å². The van der Waals surface area contributed by atoms with Gasteiger partial charge in [0, 0.05) is 11.9 Å². The van der Waals surface area contributed by atoms with E-state index in [1.165, 1.54) is 6.92 Å². The molecule has 1 unspecified atom stereocenters. The third kappa shape index (κ3) is 4.00. The predicted octanol–water partition coefficient (Wildman–Crippen LogP) is 5.37. The van der Waals surface area contributed by atoms with Crippen molar-refractivity contribution in [2.75, 3.05) is 0 Å². The minimum atomic E-state index is -1.24. The molecule has 0 aliphatic carbocycles. The van der Waals surface area contributed by atoms with E-state index in [4.69, 9.17) is 11.6 Å². The third-order valence-electron chi connectivity index (χ3n) is 3.79. The average molecular weight is 363 g/mol. The van der Waals surface area contributed by atoms with Crippen LogP contribution in [0.5, 0.6) is 0 Å². The number of halogens is 1. The molecule has 0 amide bonds. The average Bonchev–Trinajstić information content (AvgIpc) is 2.54. The van der Waals surface area contributed by atoms with Gasteiger partial charge in [-0.1, -0.05) is 73.1 Å². The molecule has 0 radical (unpaired) electrons. The highest BCUT2D eigenvalue weighted by Crippen LogP contribution is 2.42. The van der Waals surface area contributed by atoms with E-state index in [0.717, 1.165) is 22.9 Å². The summed E-state index contributed by atoms with van der Waals surface area (Å²) in [5.74, 6) is -0.983. The minimum absolute atomic E-state index is 0.201. The number of benzene rings is 2. The Hall–Kier alpha value is -1.78. The lowest BCUT2D eigenvalue weighted by Crippen LogP contribution is -2.33. The summed E-state index contributed by atoms with van der Waals surface area (Å²) in [4.78, 5) is 23.6. The first-order chi connectivity index (χ1) is 11.4. The van der Waals surface area contributed by atoms with Crippen LogP contribution in [0.3, 0.4) is 0 Å². The highest BCUT2D eigenvalue weighted by atomic mass is 35.5. The summed E-state index contributed by atoms with van der Waals surface area (Å²) in [5.41, 5.74) is 2.61. The molecule has 0 heterocycles. The van der Waals surface area contributed by atoms with Crippen LogP contribution in [0.25, 0.3) is 11.1 Å². The molecule has 0 bridgehead atoms. The number of hydrogen-bond acceptors (Lipinski definition) is 3. The summed E-state index contributed by atoms with van der Waals surface area (Å²) < 4.78 is -1.24. The zero-order chi connectivity index (χ0) is 17.7. The maximum absolute atomic E-state index is 12.0. The van der Waals surface area contributed by atoms with Crippen molar-refractivity contribution in [3.63, 3.8) is 0 Å². The van der Waals surface area contributed by atoms with Crippen LogP contribution >= 0.6 is 23.4 Å². The van der Waals surface area contributed by atoms with E-state index in [0.29, 0.717) is 23.4 Å². The molecule has 0 aliphatic heterocycles. The number of carbonyl (C=O) groups is 2. The van der Waals surface area contributed by atoms with Gasteiger partial charge in [-0.05, 0) is 35.2 Å². The lowest BCUT2D eigenvalue weighted by atomic mass is 9.92. The molecule has 1 atom stereocenters. The Morgan fingerprint density at radius 1 is 1.04 bits per heavy atom.